The smallest absolute Gasteiger partial charge is 0.00650 e. The van der Waals surface area contributed by atoms with Gasteiger partial charge >= 0.3 is 0 Å². The van der Waals surface area contributed by atoms with E-state index in [1.54, 1.807) is 0 Å². The predicted octanol–water partition coefficient (Wildman–Crippen LogP) is 5.37. The van der Waals surface area contributed by atoms with Gasteiger partial charge in [-0.25, -0.2) is 0 Å². The minimum absolute atomic E-state index is 0.0327. The zero-order valence-corrected chi connectivity index (χ0v) is 12.4. The first-order valence-corrected chi connectivity index (χ1v) is 8.12. The van der Waals surface area contributed by atoms with Crippen molar-refractivity contribution in [3.63, 3.8) is 0 Å². The normalized spacial score (nSPS) is 17.1. The second-order valence-electron chi connectivity index (χ2n) is 4.89. The van der Waals surface area contributed by atoms with Crippen LogP contribution in [0.15, 0.2) is 88.7 Å². The molecule has 3 rings (SSSR count). The van der Waals surface area contributed by atoms with Gasteiger partial charge in [-0.15, -0.1) is 10.5 Å². The molecule has 20 heavy (non-hydrogen) atoms. The summed E-state index contributed by atoms with van der Waals surface area (Å²) >= 11 is 0. The van der Waals surface area contributed by atoms with Crippen molar-refractivity contribution in [1.82, 2.24) is 0 Å². The van der Waals surface area contributed by atoms with Crippen molar-refractivity contribution in [2.24, 2.45) is 0 Å². The molecule has 0 bridgehead atoms. The lowest BCUT2D eigenvalue weighted by Crippen LogP contribution is -1.97. The maximum Gasteiger partial charge on any atom is 0.00650 e. The van der Waals surface area contributed by atoms with E-state index in [0.717, 1.165) is 6.42 Å². The quantitative estimate of drug-likeness (QED) is 0.648. The van der Waals surface area contributed by atoms with Gasteiger partial charge in [-0.05, 0) is 42.5 Å². The molecule has 100 valence electrons. The van der Waals surface area contributed by atoms with Gasteiger partial charge in [0.1, 0.15) is 0 Å². The number of hydrogen-bond donors (Lipinski definition) is 0. The largest absolute Gasteiger partial charge is 0.120 e. The van der Waals surface area contributed by atoms with Gasteiger partial charge in [0.05, 0.1) is 0 Å². The van der Waals surface area contributed by atoms with E-state index >= 15 is 0 Å². The standard InChI is InChI=1S/C19H18S/c1-16-12-14-19(15-13-16)20(17-8-4-2-5-9-17)18-10-6-3-7-11-18/h2-10,12-15H,11H2,1H3. The van der Waals surface area contributed by atoms with Crippen molar-refractivity contribution in [1.29, 1.82) is 0 Å². The lowest BCUT2D eigenvalue weighted by Gasteiger charge is -2.16. The molecule has 0 saturated heterocycles. The predicted molar refractivity (Wildman–Crippen MR) is 89.6 cm³/mol. The van der Waals surface area contributed by atoms with E-state index in [1.165, 1.54) is 20.2 Å². The second-order valence-corrected chi connectivity index (χ2v) is 6.97. The molecule has 0 saturated carbocycles. The van der Waals surface area contributed by atoms with Crippen LogP contribution in [0.25, 0.3) is 0 Å². The SMILES string of the molecule is Cc1ccc(S(=C2C=CC=CC2)c2ccccc2)cc1. The Balaban J connectivity index is 2.16. The Morgan fingerprint density at radius 2 is 1.50 bits per heavy atom. The summed E-state index contributed by atoms with van der Waals surface area (Å²) in [4.78, 5) is 4.28. The third kappa shape index (κ3) is 2.83. The van der Waals surface area contributed by atoms with Crippen LogP contribution in [0.1, 0.15) is 12.0 Å². The summed E-state index contributed by atoms with van der Waals surface area (Å²) < 4.78 is 0. The van der Waals surface area contributed by atoms with Crippen molar-refractivity contribution in [3.05, 3.63) is 84.5 Å². The fourth-order valence-electron chi connectivity index (χ4n) is 2.31. The molecule has 0 aliphatic heterocycles. The highest BCUT2D eigenvalue weighted by molar-refractivity contribution is 8.16. The van der Waals surface area contributed by atoms with Gasteiger partial charge in [0.25, 0.3) is 0 Å². The molecule has 0 spiro atoms. The van der Waals surface area contributed by atoms with Gasteiger partial charge in [-0.3, -0.25) is 0 Å². The summed E-state index contributed by atoms with van der Waals surface area (Å²) in [7, 11) is 0.0327. The number of allylic oxidation sites excluding steroid dienone is 4. The van der Waals surface area contributed by atoms with Crippen molar-refractivity contribution in [3.8, 4) is 0 Å². The molecule has 1 heteroatoms. The highest BCUT2D eigenvalue weighted by Crippen LogP contribution is 2.38. The number of benzene rings is 2. The Morgan fingerprint density at radius 1 is 0.800 bits per heavy atom. The van der Waals surface area contributed by atoms with E-state index in [2.05, 4.69) is 85.8 Å². The average Bonchev–Trinajstić information content (AvgIpc) is 2.52. The molecular formula is C19H18S. The molecule has 0 heterocycles. The van der Waals surface area contributed by atoms with Crippen molar-refractivity contribution in [2.45, 2.75) is 23.1 Å². The minimum Gasteiger partial charge on any atom is -0.120 e. The van der Waals surface area contributed by atoms with Crippen LogP contribution in [0, 0.1) is 6.92 Å². The molecule has 2 aromatic carbocycles. The van der Waals surface area contributed by atoms with Gasteiger partial charge in [-0.1, -0.05) is 60.2 Å². The molecule has 0 N–H and O–H groups in total. The van der Waals surface area contributed by atoms with Crippen LogP contribution in [0.2, 0.25) is 0 Å². The van der Waals surface area contributed by atoms with Gasteiger partial charge in [0.2, 0.25) is 0 Å². The van der Waals surface area contributed by atoms with Crippen LogP contribution in [0.3, 0.4) is 0 Å². The monoisotopic (exact) mass is 278 g/mol. The van der Waals surface area contributed by atoms with Gasteiger partial charge in [0, 0.05) is 9.79 Å². The zero-order chi connectivity index (χ0) is 13.8. The maximum absolute atomic E-state index is 2.27. The van der Waals surface area contributed by atoms with Gasteiger partial charge in [-0.2, -0.15) is 0 Å². The van der Waals surface area contributed by atoms with Crippen LogP contribution in [-0.4, -0.2) is 4.86 Å². The van der Waals surface area contributed by atoms with E-state index in [4.69, 9.17) is 0 Å². The Hall–Kier alpha value is -1.86. The number of rotatable bonds is 2. The number of aryl methyl sites for hydroxylation is 1. The summed E-state index contributed by atoms with van der Waals surface area (Å²) in [6, 6.07) is 19.8. The van der Waals surface area contributed by atoms with E-state index in [1.807, 2.05) is 0 Å². The van der Waals surface area contributed by atoms with E-state index < -0.39 is 0 Å². The maximum atomic E-state index is 2.27. The summed E-state index contributed by atoms with van der Waals surface area (Å²) in [6.07, 6.45) is 9.84. The third-order valence-corrected chi connectivity index (χ3v) is 5.66. The first-order valence-electron chi connectivity index (χ1n) is 6.89. The summed E-state index contributed by atoms with van der Waals surface area (Å²) in [6.45, 7) is 2.14. The molecule has 1 aliphatic rings. The second kappa shape index (κ2) is 6.06. The Labute approximate surface area is 123 Å². The number of hydrogen-bond acceptors (Lipinski definition) is 0. The molecule has 1 atom stereocenters. The van der Waals surface area contributed by atoms with Crippen LogP contribution >= 0.6 is 10.5 Å². The van der Waals surface area contributed by atoms with Crippen molar-refractivity contribution in [2.75, 3.05) is 0 Å². The third-order valence-electron chi connectivity index (χ3n) is 3.35. The zero-order valence-electron chi connectivity index (χ0n) is 11.6. The molecule has 1 unspecified atom stereocenters. The Morgan fingerprint density at radius 3 is 2.15 bits per heavy atom. The molecular weight excluding hydrogens is 260 g/mol. The minimum atomic E-state index is 0.0327. The topological polar surface area (TPSA) is 0 Å². The fourth-order valence-corrected chi connectivity index (χ4v) is 4.51. The lowest BCUT2D eigenvalue weighted by atomic mass is 10.2. The Bertz CT molecular complexity index is 673. The first kappa shape index (κ1) is 13.1. The average molecular weight is 278 g/mol. The van der Waals surface area contributed by atoms with Crippen LogP contribution in [0.4, 0.5) is 0 Å². The molecule has 0 fully saturated rings. The van der Waals surface area contributed by atoms with Crippen molar-refractivity contribution < 1.29 is 0 Å². The van der Waals surface area contributed by atoms with E-state index in [0.29, 0.717) is 0 Å². The summed E-state index contributed by atoms with van der Waals surface area (Å²) in [5.74, 6) is 0. The molecule has 0 amide bonds. The summed E-state index contributed by atoms with van der Waals surface area (Å²) in [5.41, 5.74) is 1.31. The molecule has 0 radical (unpaired) electrons. The molecule has 0 nitrogen and oxygen atoms in total. The molecule has 1 aliphatic carbocycles. The molecule has 2 aromatic rings. The highest BCUT2D eigenvalue weighted by Gasteiger charge is 2.09. The van der Waals surface area contributed by atoms with Crippen LogP contribution in [0.5, 0.6) is 0 Å². The van der Waals surface area contributed by atoms with Crippen LogP contribution < -0.4 is 0 Å². The van der Waals surface area contributed by atoms with Crippen LogP contribution in [-0.2, 0) is 0 Å². The lowest BCUT2D eigenvalue weighted by molar-refractivity contribution is 1.35. The van der Waals surface area contributed by atoms with E-state index in [-0.39, 0.29) is 10.5 Å². The Kier molecular flexibility index (Phi) is 3.98. The van der Waals surface area contributed by atoms with Gasteiger partial charge in [0.15, 0.2) is 0 Å². The highest BCUT2D eigenvalue weighted by atomic mass is 32.2. The van der Waals surface area contributed by atoms with Crippen molar-refractivity contribution >= 4 is 15.3 Å². The molecule has 0 aromatic heterocycles. The first-order chi connectivity index (χ1) is 9.84. The van der Waals surface area contributed by atoms with Gasteiger partial charge < -0.3 is 0 Å². The van der Waals surface area contributed by atoms with E-state index in [9.17, 15) is 0 Å². The summed E-state index contributed by atoms with van der Waals surface area (Å²) in [5, 5.41) is 0. The fraction of sp³-hybridized carbons (Fsp3) is 0.105.